The average Bonchev–Trinajstić information content (AvgIpc) is 2.42. The smallest absolute Gasteiger partial charge is 0.328 e. The Kier molecular flexibility index (Phi) is 4.52. The van der Waals surface area contributed by atoms with E-state index in [1.54, 1.807) is 0 Å². The molecule has 0 aliphatic carbocycles. The van der Waals surface area contributed by atoms with Gasteiger partial charge in [0.25, 0.3) is 5.56 Å². The zero-order chi connectivity index (χ0) is 16.3. The van der Waals surface area contributed by atoms with E-state index in [4.69, 9.17) is 12.2 Å². The molecule has 4 N–H and O–H groups in total. The van der Waals surface area contributed by atoms with Crippen LogP contribution < -0.4 is 16.6 Å². The van der Waals surface area contributed by atoms with E-state index in [9.17, 15) is 14.7 Å². The first-order chi connectivity index (χ1) is 10.4. The minimum Gasteiger partial charge on any atom is -0.494 e. The Hall–Kier alpha value is -2.74. The zero-order valence-electron chi connectivity index (χ0n) is 11.9. The van der Waals surface area contributed by atoms with E-state index in [0.717, 1.165) is 23.0 Å². The van der Waals surface area contributed by atoms with E-state index in [0.29, 0.717) is 0 Å². The molecule has 0 bridgehead atoms. The van der Waals surface area contributed by atoms with Gasteiger partial charge >= 0.3 is 5.69 Å². The van der Waals surface area contributed by atoms with Crippen LogP contribution in [0.3, 0.4) is 0 Å². The van der Waals surface area contributed by atoms with E-state index < -0.39 is 17.1 Å². The number of nitrogens with zero attached hydrogens (tertiary/aromatic N) is 1. The number of hydrogen-bond donors (Lipinski definition) is 4. The fraction of sp³-hybridized carbons (Fsp3) is 0.143. The largest absolute Gasteiger partial charge is 0.494 e. The predicted octanol–water partition coefficient (Wildman–Crippen LogP) is 1.20. The van der Waals surface area contributed by atoms with Crippen molar-refractivity contribution in [3.63, 3.8) is 0 Å². The van der Waals surface area contributed by atoms with Crippen LogP contribution >= 0.6 is 12.2 Å². The molecule has 8 heteroatoms. The van der Waals surface area contributed by atoms with E-state index in [1.807, 2.05) is 37.0 Å². The average molecular weight is 318 g/mol. The molecule has 2 aromatic rings. The Morgan fingerprint density at radius 1 is 1.27 bits per heavy atom. The lowest BCUT2D eigenvalue weighted by atomic mass is 10.1. The summed E-state index contributed by atoms with van der Waals surface area (Å²) in [6.45, 7) is 3.86. The second kappa shape index (κ2) is 6.35. The number of hydrogen-bond acceptors (Lipinski definition) is 4. The van der Waals surface area contributed by atoms with Crippen molar-refractivity contribution in [1.82, 2.24) is 9.97 Å². The molecule has 22 heavy (non-hydrogen) atoms. The molecule has 1 aromatic carbocycles. The van der Waals surface area contributed by atoms with Gasteiger partial charge in [0.05, 0.1) is 0 Å². The van der Waals surface area contributed by atoms with Crippen molar-refractivity contribution in [1.29, 1.82) is 0 Å². The number of aromatic amines is 2. The van der Waals surface area contributed by atoms with Crippen LogP contribution in [0.2, 0.25) is 0 Å². The van der Waals surface area contributed by atoms with Gasteiger partial charge in [-0.05, 0) is 37.2 Å². The molecule has 0 fully saturated rings. The van der Waals surface area contributed by atoms with Gasteiger partial charge in [0.2, 0.25) is 5.88 Å². The van der Waals surface area contributed by atoms with Crippen molar-refractivity contribution in [3.8, 4) is 5.88 Å². The number of aromatic hydroxyl groups is 1. The highest BCUT2D eigenvalue weighted by Gasteiger charge is 2.07. The summed E-state index contributed by atoms with van der Waals surface area (Å²) in [5.74, 6) is -0.563. The Labute approximate surface area is 130 Å². The van der Waals surface area contributed by atoms with E-state index in [1.165, 1.54) is 0 Å². The van der Waals surface area contributed by atoms with Gasteiger partial charge in [0.15, 0.2) is 5.11 Å². The van der Waals surface area contributed by atoms with Crippen LogP contribution in [0, 0.1) is 13.8 Å². The molecule has 0 unspecified atom stereocenters. The minimum atomic E-state index is -0.795. The second-order valence-corrected chi connectivity index (χ2v) is 5.01. The molecule has 2 rings (SSSR count). The van der Waals surface area contributed by atoms with Crippen molar-refractivity contribution in [3.05, 3.63) is 55.7 Å². The minimum absolute atomic E-state index is 0.127. The van der Waals surface area contributed by atoms with Crippen molar-refractivity contribution in [2.24, 2.45) is 4.99 Å². The van der Waals surface area contributed by atoms with Gasteiger partial charge in [0.1, 0.15) is 5.56 Å². The van der Waals surface area contributed by atoms with Crippen LogP contribution in [0.15, 0.2) is 32.8 Å². The lowest BCUT2D eigenvalue weighted by Crippen LogP contribution is -2.25. The highest BCUT2D eigenvalue weighted by atomic mass is 32.1. The van der Waals surface area contributed by atoms with Crippen LogP contribution in [0.25, 0.3) is 0 Å². The maximum atomic E-state index is 11.5. The molecule has 0 radical (unpaired) electrons. The van der Waals surface area contributed by atoms with Gasteiger partial charge in [0, 0.05) is 11.9 Å². The van der Waals surface area contributed by atoms with Crippen LogP contribution in [-0.2, 0) is 0 Å². The Morgan fingerprint density at radius 2 is 1.91 bits per heavy atom. The molecule has 1 aromatic heterocycles. The summed E-state index contributed by atoms with van der Waals surface area (Å²) in [5, 5.41) is 12.6. The molecular weight excluding hydrogens is 304 g/mol. The summed E-state index contributed by atoms with van der Waals surface area (Å²) in [6.07, 6.45) is 1.09. The third-order valence-corrected chi connectivity index (χ3v) is 3.19. The van der Waals surface area contributed by atoms with Gasteiger partial charge in [-0.1, -0.05) is 18.2 Å². The van der Waals surface area contributed by atoms with Crippen LogP contribution in [0.5, 0.6) is 5.88 Å². The molecule has 7 nitrogen and oxygen atoms in total. The molecule has 0 amide bonds. The number of aliphatic imine (C=N–C) groups is 1. The molecule has 1 heterocycles. The highest BCUT2D eigenvalue weighted by Crippen LogP contribution is 2.19. The Bertz CT molecular complexity index is 847. The molecule has 0 saturated carbocycles. The molecule has 0 aliphatic rings. The van der Waals surface area contributed by atoms with Crippen molar-refractivity contribution < 1.29 is 5.11 Å². The standard InChI is InChI=1S/C14H14N4O3S/c1-7-4-3-5-8(2)10(7)16-14(22)15-6-9-11(19)17-13(21)18-12(9)20/h3-6H,1-2H3,(H,16,22)(H3,17,18,19,20,21)/b15-6-. The first-order valence-electron chi connectivity index (χ1n) is 6.35. The van der Waals surface area contributed by atoms with Gasteiger partial charge in [-0.2, -0.15) is 0 Å². The molecule has 114 valence electrons. The summed E-state index contributed by atoms with van der Waals surface area (Å²) < 4.78 is 0. The monoisotopic (exact) mass is 318 g/mol. The number of H-pyrrole nitrogens is 2. The lowest BCUT2D eigenvalue weighted by molar-refractivity contribution is 0.447. The van der Waals surface area contributed by atoms with E-state index >= 15 is 0 Å². The first kappa shape index (κ1) is 15.6. The van der Waals surface area contributed by atoms with Gasteiger partial charge in [-0.25, -0.2) is 9.79 Å². The van der Waals surface area contributed by atoms with Gasteiger partial charge in [-0.3, -0.25) is 14.8 Å². The molecule has 0 atom stereocenters. The van der Waals surface area contributed by atoms with Crippen molar-refractivity contribution >= 4 is 29.2 Å². The summed E-state index contributed by atoms with van der Waals surface area (Å²) >= 11 is 5.09. The zero-order valence-corrected chi connectivity index (χ0v) is 12.7. The van der Waals surface area contributed by atoms with E-state index in [2.05, 4.69) is 15.3 Å². The maximum Gasteiger partial charge on any atom is 0.328 e. The second-order valence-electron chi connectivity index (χ2n) is 4.63. The fourth-order valence-corrected chi connectivity index (χ4v) is 2.03. The molecule has 0 aliphatic heterocycles. The highest BCUT2D eigenvalue weighted by molar-refractivity contribution is 7.80. The van der Waals surface area contributed by atoms with Gasteiger partial charge < -0.3 is 10.4 Å². The quantitative estimate of drug-likeness (QED) is 0.491. The molecular formula is C14H14N4O3S. The number of thiocarbonyl (C=S) groups is 1. The number of rotatable bonds is 2. The molecule has 0 spiro atoms. The Balaban J connectivity index is 2.23. The summed E-state index contributed by atoms with van der Waals surface area (Å²) in [7, 11) is 0. The summed E-state index contributed by atoms with van der Waals surface area (Å²) in [4.78, 5) is 30.5. The normalized spacial score (nSPS) is 10.8. The number of anilines is 1. The number of nitrogens with one attached hydrogen (secondary N) is 3. The van der Waals surface area contributed by atoms with Gasteiger partial charge in [-0.15, -0.1) is 0 Å². The number of para-hydroxylation sites is 1. The Morgan fingerprint density at radius 3 is 2.50 bits per heavy atom. The predicted molar refractivity (Wildman–Crippen MR) is 89.1 cm³/mol. The lowest BCUT2D eigenvalue weighted by Gasteiger charge is -2.10. The van der Waals surface area contributed by atoms with Crippen LogP contribution in [0.4, 0.5) is 5.69 Å². The fourth-order valence-electron chi connectivity index (χ4n) is 1.88. The molecule has 0 saturated heterocycles. The van der Waals surface area contributed by atoms with Crippen LogP contribution in [0.1, 0.15) is 16.7 Å². The van der Waals surface area contributed by atoms with Crippen molar-refractivity contribution in [2.45, 2.75) is 13.8 Å². The summed E-state index contributed by atoms with van der Waals surface area (Å²) in [5.41, 5.74) is 1.12. The third-order valence-electron chi connectivity index (χ3n) is 2.98. The maximum absolute atomic E-state index is 11.5. The number of benzene rings is 1. The first-order valence-corrected chi connectivity index (χ1v) is 6.76. The SMILES string of the molecule is Cc1cccc(C)c1NC(=S)/N=C\c1c(O)[nH]c(=O)[nH]c1=O. The third kappa shape index (κ3) is 3.47. The number of aryl methyl sites for hydroxylation is 2. The number of aromatic nitrogens is 2. The topological polar surface area (TPSA) is 110 Å². The summed E-state index contributed by atoms with van der Waals surface area (Å²) in [6, 6.07) is 5.79. The van der Waals surface area contributed by atoms with Crippen molar-refractivity contribution in [2.75, 3.05) is 5.32 Å². The van der Waals surface area contributed by atoms with E-state index in [-0.39, 0.29) is 10.7 Å². The van der Waals surface area contributed by atoms with Crippen LogP contribution in [-0.4, -0.2) is 26.4 Å².